The van der Waals surface area contributed by atoms with Crippen molar-refractivity contribution < 1.29 is 22.6 Å². The van der Waals surface area contributed by atoms with Crippen LogP contribution < -0.4 is 9.47 Å². The van der Waals surface area contributed by atoms with Crippen LogP contribution in [0.3, 0.4) is 0 Å². The van der Waals surface area contributed by atoms with Crippen molar-refractivity contribution in [1.82, 2.24) is 9.55 Å². The normalized spacial score (nSPS) is 13.0. The van der Waals surface area contributed by atoms with Gasteiger partial charge >= 0.3 is 6.18 Å². The van der Waals surface area contributed by atoms with E-state index in [0.717, 1.165) is 57.9 Å². The highest BCUT2D eigenvalue weighted by molar-refractivity contribution is 5.97. The summed E-state index contributed by atoms with van der Waals surface area (Å²) in [5, 5.41) is 1.98. The maximum atomic E-state index is 13.4. The summed E-state index contributed by atoms with van der Waals surface area (Å²) >= 11 is 0. The third kappa shape index (κ3) is 3.49. The van der Waals surface area contributed by atoms with Crippen molar-refractivity contribution in [2.24, 2.45) is 0 Å². The number of pyridine rings is 1. The highest BCUT2D eigenvalue weighted by Gasteiger charge is 2.31. The number of fused-ring (bicyclic) bond motifs is 6. The molecule has 0 saturated carbocycles. The number of benzene rings is 3. The number of nitrogens with zero attached hydrogens (tertiary/aromatic N) is 2. The minimum atomic E-state index is -4.39. The molecule has 1 aliphatic rings. The van der Waals surface area contributed by atoms with E-state index in [1.54, 1.807) is 20.3 Å². The number of hydrogen-bond donors (Lipinski definition) is 0. The Labute approximate surface area is 205 Å². The SMILES string of the molecule is COc1ccc(OC)c2nc3c(cc12)CCc1c-3n(Cc2cccc(C(F)(F)F)c2)c2ccccc12. The van der Waals surface area contributed by atoms with Gasteiger partial charge in [-0.15, -0.1) is 0 Å². The summed E-state index contributed by atoms with van der Waals surface area (Å²) < 4.78 is 53.5. The summed E-state index contributed by atoms with van der Waals surface area (Å²) in [4.78, 5) is 5.09. The van der Waals surface area contributed by atoms with Crippen LogP contribution >= 0.6 is 0 Å². The van der Waals surface area contributed by atoms with E-state index in [1.807, 2.05) is 30.3 Å². The van der Waals surface area contributed by atoms with Gasteiger partial charge in [0.1, 0.15) is 17.0 Å². The largest absolute Gasteiger partial charge is 0.496 e. The molecule has 0 atom stereocenters. The summed E-state index contributed by atoms with van der Waals surface area (Å²) in [5.74, 6) is 1.36. The Balaban J connectivity index is 1.60. The zero-order chi connectivity index (χ0) is 25.0. The van der Waals surface area contributed by atoms with Gasteiger partial charge in [0.15, 0.2) is 0 Å². The average Bonchev–Trinajstić information content (AvgIpc) is 3.20. The monoisotopic (exact) mass is 488 g/mol. The van der Waals surface area contributed by atoms with E-state index in [-0.39, 0.29) is 0 Å². The van der Waals surface area contributed by atoms with Crippen molar-refractivity contribution in [3.05, 3.63) is 89.0 Å². The van der Waals surface area contributed by atoms with Crippen LogP contribution in [0.4, 0.5) is 13.2 Å². The molecule has 2 heterocycles. The zero-order valence-electron chi connectivity index (χ0n) is 19.8. The Morgan fingerprint density at radius 1 is 0.861 bits per heavy atom. The second-order valence-corrected chi connectivity index (χ2v) is 8.99. The summed E-state index contributed by atoms with van der Waals surface area (Å²) in [7, 11) is 3.24. The van der Waals surface area contributed by atoms with Crippen molar-refractivity contribution in [2.75, 3.05) is 14.2 Å². The van der Waals surface area contributed by atoms with Crippen LogP contribution in [-0.2, 0) is 25.6 Å². The van der Waals surface area contributed by atoms with Gasteiger partial charge in [-0.2, -0.15) is 13.2 Å². The van der Waals surface area contributed by atoms with Crippen LogP contribution in [0.1, 0.15) is 22.3 Å². The molecule has 5 aromatic rings. The number of rotatable bonds is 4. The first-order valence-electron chi connectivity index (χ1n) is 11.7. The lowest BCUT2D eigenvalue weighted by Gasteiger charge is -2.21. The Kier molecular flexibility index (Phi) is 5.18. The third-order valence-electron chi connectivity index (χ3n) is 6.97. The number of methoxy groups -OCH3 is 2. The lowest BCUT2D eigenvalue weighted by molar-refractivity contribution is -0.137. The summed E-state index contributed by atoms with van der Waals surface area (Å²) in [6.07, 6.45) is -2.77. The Bertz CT molecular complexity index is 1640. The lowest BCUT2D eigenvalue weighted by Crippen LogP contribution is -2.11. The summed E-state index contributed by atoms with van der Waals surface area (Å²) in [5.41, 5.74) is 5.63. The number of halogens is 3. The fraction of sp³-hybridized carbons (Fsp3) is 0.207. The maximum Gasteiger partial charge on any atom is 0.416 e. The number of aryl methyl sites for hydroxylation is 2. The number of alkyl halides is 3. The number of hydrogen-bond acceptors (Lipinski definition) is 3. The second kappa shape index (κ2) is 8.29. The van der Waals surface area contributed by atoms with E-state index >= 15 is 0 Å². The maximum absolute atomic E-state index is 13.4. The highest BCUT2D eigenvalue weighted by Crippen LogP contribution is 2.43. The van der Waals surface area contributed by atoms with Crippen LogP contribution in [0.2, 0.25) is 0 Å². The van der Waals surface area contributed by atoms with Gasteiger partial charge in [0, 0.05) is 22.8 Å². The molecule has 7 heteroatoms. The zero-order valence-corrected chi connectivity index (χ0v) is 19.8. The molecule has 2 aromatic heterocycles. The quantitative estimate of drug-likeness (QED) is 0.272. The fourth-order valence-electron chi connectivity index (χ4n) is 5.34. The van der Waals surface area contributed by atoms with Crippen LogP contribution in [0.15, 0.2) is 66.7 Å². The lowest BCUT2D eigenvalue weighted by atomic mass is 9.91. The molecule has 0 saturated heterocycles. The van der Waals surface area contributed by atoms with E-state index in [0.29, 0.717) is 23.4 Å². The predicted octanol–water partition coefficient (Wildman–Crippen LogP) is 7.04. The molecule has 6 rings (SSSR count). The van der Waals surface area contributed by atoms with E-state index in [9.17, 15) is 13.2 Å². The molecule has 36 heavy (non-hydrogen) atoms. The molecule has 182 valence electrons. The topological polar surface area (TPSA) is 36.3 Å². The van der Waals surface area contributed by atoms with Crippen LogP contribution in [0, 0.1) is 0 Å². The van der Waals surface area contributed by atoms with Gasteiger partial charge in [0.05, 0.1) is 31.2 Å². The van der Waals surface area contributed by atoms with E-state index in [1.165, 1.54) is 17.7 Å². The van der Waals surface area contributed by atoms with Crippen molar-refractivity contribution in [3.8, 4) is 22.9 Å². The molecule has 0 N–H and O–H groups in total. The fourth-order valence-corrected chi connectivity index (χ4v) is 5.34. The Morgan fingerprint density at radius 2 is 1.64 bits per heavy atom. The number of aromatic nitrogens is 2. The smallest absolute Gasteiger partial charge is 0.416 e. The standard InChI is InChI=1S/C29H23F3N2O2/c1-35-24-12-13-25(36-2)27-22(24)15-18-10-11-21-20-8-3-4-9-23(20)34(28(21)26(18)33-27)16-17-6-5-7-19(14-17)29(30,31)32/h3-9,12-15H,10-11,16H2,1-2H3. The highest BCUT2D eigenvalue weighted by atomic mass is 19.4. The van der Waals surface area contributed by atoms with E-state index < -0.39 is 11.7 Å². The van der Waals surface area contributed by atoms with Gasteiger partial charge in [-0.3, -0.25) is 0 Å². The summed E-state index contributed by atoms with van der Waals surface area (Å²) in [6.45, 7) is 0.300. The minimum Gasteiger partial charge on any atom is -0.496 e. The van der Waals surface area contributed by atoms with Crippen LogP contribution in [0.5, 0.6) is 11.5 Å². The van der Waals surface area contributed by atoms with Gasteiger partial charge in [-0.25, -0.2) is 4.98 Å². The Hall–Kier alpha value is -4.00. The molecule has 1 aliphatic carbocycles. The first kappa shape index (κ1) is 22.5. The first-order valence-corrected chi connectivity index (χ1v) is 11.7. The molecule has 0 bridgehead atoms. The van der Waals surface area contributed by atoms with Gasteiger partial charge in [0.2, 0.25) is 0 Å². The summed E-state index contributed by atoms with van der Waals surface area (Å²) in [6, 6.07) is 19.4. The van der Waals surface area contributed by atoms with Crippen molar-refractivity contribution in [1.29, 1.82) is 0 Å². The van der Waals surface area contributed by atoms with E-state index in [4.69, 9.17) is 14.5 Å². The molecule has 0 unspecified atom stereocenters. The molecule has 0 aliphatic heterocycles. The van der Waals surface area contributed by atoms with Gasteiger partial charge in [-0.1, -0.05) is 30.3 Å². The van der Waals surface area contributed by atoms with Crippen molar-refractivity contribution in [2.45, 2.75) is 25.6 Å². The van der Waals surface area contributed by atoms with Crippen LogP contribution in [0.25, 0.3) is 33.2 Å². The van der Waals surface area contributed by atoms with Crippen LogP contribution in [-0.4, -0.2) is 23.8 Å². The first-order chi connectivity index (χ1) is 17.4. The molecule has 0 amide bonds. The molecule has 0 radical (unpaired) electrons. The molecule has 0 spiro atoms. The average molecular weight is 489 g/mol. The van der Waals surface area contributed by atoms with Gasteiger partial charge in [-0.05, 0) is 65.9 Å². The van der Waals surface area contributed by atoms with Gasteiger partial charge < -0.3 is 14.0 Å². The molecule has 0 fully saturated rings. The molecule has 3 aromatic carbocycles. The molecular formula is C29H23F3N2O2. The number of para-hydroxylation sites is 1. The van der Waals surface area contributed by atoms with Crippen molar-refractivity contribution >= 4 is 21.8 Å². The van der Waals surface area contributed by atoms with Crippen molar-refractivity contribution in [3.63, 3.8) is 0 Å². The third-order valence-corrected chi connectivity index (χ3v) is 6.97. The molecular weight excluding hydrogens is 465 g/mol. The minimum absolute atomic E-state index is 0.300. The van der Waals surface area contributed by atoms with Gasteiger partial charge in [0.25, 0.3) is 0 Å². The molecule has 4 nitrogen and oxygen atoms in total. The predicted molar refractivity (Wildman–Crippen MR) is 134 cm³/mol. The second-order valence-electron chi connectivity index (χ2n) is 8.99. The number of ether oxygens (including phenoxy) is 2. The van der Waals surface area contributed by atoms with E-state index in [2.05, 4.69) is 16.7 Å². The Morgan fingerprint density at radius 3 is 2.42 bits per heavy atom.